The van der Waals surface area contributed by atoms with Gasteiger partial charge >= 0.3 is 12.3 Å². The second kappa shape index (κ2) is 13.7. The van der Waals surface area contributed by atoms with Crippen LogP contribution in [0.1, 0.15) is 44.9 Å². The van der Waals surface area contributed by atoms with Crippen molar-refractivity contribution in [3.63, 3.8) is 0 Å². The minimum Gasteiger partial charge on any atom is -0.493 e. The molecule has 0 N–H and O–H groups in total. The normalized spacial score (nSPS) is 15.6. The average molecular weight is 592 g/mol. The molecule has 4 rings (SSSR count). The fourth-order valence-electron chi connectivity index (χ4n) is 4.48. The van der Waals surface area contributed by atoms with Crippen molar-refractivity contribution in [1.82, 2.24) is 9.97 Å². The van der Waals surface area contributed by atoms with Crippen molar-refractivity contribution in [2.24, 2.45) is 11.8 Å². The number of rotatable bonds is 8. The number of benzene rings is 1. The summed E-state index contributed by atoms with van der Waals surface area (Å²) in [4.78, 5) is 26.9. The maximum atomic E-state index is 13.9. The van der Waals surface area contributed by atoms with Crippen LogP contribution in [0.3, 0.4) is 0 Å². The van der Waals surface area contributed by atoms with Crippen LogP contribution in [0.15, 0.2) is 59.6 Å². The molecule has 1 aliphatic rings. The number of hydrogen-bond donors (Lipinski definition) is 0. The summed E-state index contributed by atoms with van der Waals surface area (Å²) >= 11 is 0. The highest BCUT2D eigenvalue weighted by Gasteiger charge is 2.36. The van der Waals surface area contributed by atoms with Crippen molar-refractivity contribution in [2.45, 2.75) is 50.6 Å². The van der Waals surface area contributed by atoms with Gasteiger partial charge in [-0.05, 0) is 61.1 Å². The molecule has 1 aromatic carbocycles. The summed E-state index contributed by atoms with van der Waals surface area (Å²) in [5.74, 6) is 0.887. The van der Waals surface area contributed by atoms with E-state index < -0.39 is 27.3 Å². The van der Waals surface area contributed by atoms with Crippen molar-refractivity contribution in [1.29, 1.82) is 0 Å². The molecule has 0 saturated carbocycles. The molecule has 2 aromatic heterocycles. The second-order valence-electron chi connectivity index (χ2n) is 10.3. The van der Waals surface area contributed by atoms with Crippen molar-refractivity contribution in [2.75, 3.05) is 24.6 Å². The van der Waals surface area contributed by atoms with Crippen LogP contribution in [-0.2, 0) is 31.4 Å². The Bertz CT molecular complexity index is 1470. The lowest BCUT2D eigenvalue weighted by molar-refractivity contribution is -0.191. The number of hydrogen-bond acceptors (Lipinski definition) is 8. The Morgan fingerprint density at radius 2 is 1.76 bits per heavy atom. The Morgan fingerprint density at radius 3 is 2.41 bits per heavy atom. The number of para-hydroxylation sites is 1. The van der Waals surface area contributed by atoms with Gasteiger partial charge in [-0.3, -0.25) is 4.98 Å². The zero-order valence-electron chi connectivity index (χ0n) is 23.0. The van der Waals surface area contributed by atoms with Crippen molar-refractivity contribution >= 4 is 21.8 Å². The highest BCUT2D eigenvalue weighted by molar-refractivity contribution is 7.90. The second-order valence-corrected chi connectivity index (χ2v) is 12.2. The van der Waals surface area contributed by atoms with Gasteiger partial charge in [-0.15, -0.1) is 0 Å². The molecule has 1 atom stereocenters. The zero-order valence-corrected chi connectivity index (χ0v) is 23.8. The maximum Gasteiger partial charge on any atom is 0.418 e. The van der Waals surface area contributed by atoms with Crippen LogP contribution < -0.4 is 9.64 Å². The molecule has 3 aromatic rings. The number of sulfone groups is 1. The molecular weight excluding hydrogens is 559 g/mol. The molecule has 8 nitrogen and oxygen atoms in total. The first-order valence-corrected chi connectivity index (χ1v) is 14.7. The molecule has 0 radical (unpaired) electrons. The lowest BCUT2D eigenvalue weighted by Crippen LogP contribution is -2.35. The van der Waals surface area contributed by atoms with Gasteiger partial charge in [-0.2, -0.15) is 22.8 Å². The van der Waals surface area contributed by atoms with E-state index in [1.54, 1.807) is 30.3 Å². The van der Waals surface area contributed by atoms with E-state index >= 15 is 0 Å². The fourth-order valence-corrected chi connectivity index (χ4v) is 5.69. The van der Waals surface area contributed by atoms with E-state index in [2.05, 4.69) is 21.8 Å². The van der Waals surface area contributed by atoms with Crippen LogP contribution in [0.5, 0.6) is 5.75 Å². The van der Waals surface area contributed by atoms with Crippen LogP contribution >= 0.6 is 0 Å². The highest BCUT2D eigenvalue weighted by atomic mass is 32.2. The third kappa shape index (κ3) is 8.61. The number of alkyl halides is 3. The lowest BCUT2D eigenvalue weighted by atomic mass is 10.0. The molecule has 1 aliphatic heterocycles. The van der Waals surface area contributed by atoms with Crippen LogP contribution in [0.2, 0.25) is 0 Å². The van der Waals surface area contributed by atoms with Gasteiger partial charge in [0, 0.05) is 18.7 Å². The molecule has 0 amide bonds. The molecule has 0 bridgehead atoms. The monoisotopic (exact) mass is 591 g/mol. The first kappa shape index (κ1) is 31.8. The molecule has 41 heavy (non-hydrogen) atoms. The van der Waals surface area contributed by atoms with Gasteiger partial charge in [0.25, 0.3) is 0 Å². The van der Waals surface area contributed by atoms with Crippen LogP contribution in [0, 0.1) is 11.8 Å². The van der Waals surface area contributed by atoms with Gasteiger partial charge in [-0.1, -0.05) is 39.0 Å². The third-order valence-electron chi connectivity index (χ3n) is 6.32. The van der Waals surface area contributed by atoms with E-state index in [1.165, 1.54) is 12.1 Å². The van der Waals surface area contributed by atoms with Crippen LogP contribution in [0.25, 0.3) is 11.3 Å². The van der Waals surface area contributed by atoms with E-state index in [0.29, 0.717) is 18.3 Å². The van der Waals surface area contributed by atoms with E-state index in [-0.39, 0.29) is 39.8 Å². The molecule has 3 heterocycles. The molecular formula is C29H32F3N3O5S. The summed E-state index contributed by atoms with van der Waals surface area (Å²) in [7, 11) is -3.98. The van der Waals surface area contributed by atoms with Gasteiger partial charge in [0.1, 0.15) is 11.6 Å². The quantitative estimate of drug-likeness (QED) is 0.323. The summed E-state index contributed by atoms with van der Waals surface area (Å²) < 4.78 is 74.2. The first-order chi connectivity index (χ1) is 19.4. The first-order valence-electron chi connectivity index (χ1n) is 13.1. The van der Waals surface area contributed by atoms with E-state index in [4.69, 9.17) is 14.3 Å². The Labute approximate surface area is 237 Å². The summed E-state index contributed by atoms with van der Waals surface area (Å²) in [6.45, 7) is 7.91. The number of halogens is 3. The molecule has 0 aliphatic carbocycles. The SMILES string of the molecule is CC(C)COc1ccccc1-c1nc(CS(=O)(=O)c2cccc(N3CCC[C@H](C)C3)n2)ccc1C(F)(F)F.O=C=O. The Hall–Kier alpha value is -3.76. The topological polar surface area (TPSA) is 107 Å². The van der Waals surface area contributed by atoms with E-state index in [1.807, 2.05) is 13.8 Å². The van der Waals surface area contributed by atoms with Gasteiger partial charge in [0.2, 0.25) is 9.84 Å². The van der Waals surface area contributed by atoms with Crippen molar-refractivity contribution in [3.8, 4) is 17.0 Å². The number of carbonyl (C=O) groups excluding carboxylic acids is 2. The molecule has 220 valence electrons. The Morgan fingerprint density at radius 1 is 1.05 bits per heavy atom. The van der Waals surface area contributed by atoms with Gasteiger partial charge < -0.3 is 9.64 Å². The summed E-state index contributed by atoms with van der Waals surface area (Å²) in [6, 6.07) is 13.2. The standard InChI is InChI=1S/C28H32F3N3O3S.CO2/c1-19(2)17-37-24-10-5-4-9-22(24)27-23(28(29,30)31)14-13-21(32-27)18-38(35,36)26-12-6-11-25(33-26)34-15-7-8-20(3)16-34;2-1-3/h4-6,9-14,19-20H,7-8,15-18H2,1-3H3;/t20-;/m0./s1. The maximum absolute atomic E-state index is 13.9. The molecule has 1 saturated heterocycles. The molecule has 0 spiro atoms. The number of aromatic nitrogens is 2. The fraction of sp³-hybridized carbons (Fsp3) is 0.414. The summed E-state index contributed by atoms with van der Waals surface area (Å²) in [5, 5.41) is -0.128. The number of nitrogens with zero attached hydrogens (tertiary/aromatic N) is 3. The van der Waals surface area contributed by atoms with E-state index in [0.717, 1.165) is 38.1 Å². The highest BCUT2D eigenvalue weighted by Crippen LogP contribution is 2.39. The third-order valence-corrected chi connectivity index (χ3v) is 7.86. The van der Waals surface area contributed by atoms with Crippen molar-refractivity contribution < 1.29 is 35.9 Å². The molecule has 1 fully saturated rings. The number of piperidine rings is 1. The van der Waals surface area contributed by atoms with E-state index in [9.17, 15) is 21.6 Å². The molecule has 0 unspecified atom stereocenters. The van der Waals surface area contributed by atoms with Crippen LogP contribution in [0.4, 0.5) is 19.0 Å². The Balaban J connectivity index is 0.00000147. The van der Waals surface area contributed by atoms with Crippen molar-refractivity contribution in [3.05, 3.63) is 65.9 Å². The predicted octanol–water partition coefficient (Wildman–Crippen LogP) is 5.82. The summed E-state index contributed by atoms with van der Waals surface area (Å²) in [6.07, 6.45) is -2.32. The summed E-state index contributed by atoms with van der Waals surface area (Å²) in [5.41, 5.74) is -1.18. The zero-order chi connectivity index (χ0) is 30.2. The number of ether oxygens (including phenoxy) is 1. The minimum absolute atomic E-state index is 0.00883. The largest absolute Gasteiger partial charge is 0.493 e. The Kier molecular flexibility index (Phi) is 10.6. The smallest absolute Gasteiger partial charge is 0.418 e. The van der Waals surface area contributed by atoms with Gasteiger partial charge in [0.15, 0.2) is 5.03 Å². The molecule has 12 heteroatoms. The van der Waals surface area contributed by atoms with Crippen LogP contribution in [-0.4, -0.2) is 44.2 Å². The minimum atomic E-state index is -4.69. The number of anilines is 1. The van der Waals surface area contributed by atoms with Gasteiger partial charge in [0.05, 0.1) is 29.3 Å². The average Bonchev–Trinajstić information content (AvgIpc) is 2.92. The number of pyridine rings is 2. The lowest BCUT2D eigenvalue weighted by Gasteiger charge is -2.32. The predicted molar refractivity (Wildman–Crippen MR) is 146 cm³/mol. The van der Waals surface area contributed by atoms with Gasteiger partial charge in [-0.25, -0.2) is 13.4 Å².